The van der Waals surface area contributed by atoms with Crippen molar-refractivity contribution in [1.82, 2.24) is 14.8 Å². The minimum atomic E-state index is -0.516. The number of nitrogens with one attached hydrogen (secondary N) is 1. The van der Waals surface area contributed by atoms with Gasteiger partial charge < -0.3 is 19.4 Å². The van der Waals surface area contributed by atoms with Crippen molar-refractivity contribution < 1.29 is 23.5 Å². The van der Waals surface area contributed by atoms with Gasteiger partial charge >= 0.3 is 5.97 Å². The molecule has 0 radical (unpaired) electrons. The molecule has 1 N–H and O–H groups in total. The average Bonchev–Trinajstić information content (AvgIpc) is 3.39. The summed E-state index contributed by atoms with van der Waals surface area (Å²) in [4.78, 5) is 26.5. The zero-order valence-corrected chi connectivity index (χ0v) is 22.5. The Morgan fingerprint density at radius 2 is 2.08 bits per heavy atom. The van der Waals surface area contributed by atoms with E-state index in [0.29, 0.717) is 27.3 Å². The summed E-state index contributed by atoms with van der Waals surface area (Å²) in [6.45, 7) is 3.82. The third-order valence-corrected chi connectivity index (χ3v) is 8.19. The molecule has 192 valence electrons. The molecule has 0 saturated carbocycles. The minimum absolute atomic E-state index is 0.0792. The molecular formula is C24H26ClFN4O4S2. The Morgan fingerprint density at radius 1 is 1.31 bits per heavy atom. The first-order chi connectivity index (χ1) is 17.3. The molecule has 8 nitrogen and oxygen atoms in total. The van der Waals surface area contributed by atoms with Crippen molar-refractivity contribution >= 4 is 51.6 Å². The number of benzene rings is 1. The summed E-state index contributed by atoms with van der Waals surface area (Å²) < 4.78 is 26.1. The molecule has 0 fully saturated rings. The number of aryl methyl sites for hydroxylation is 1. The zero-order chi connectivity index (χ0) is 25.8. The van der Waals surface area contributed by atoms with Gasteiger partial charge in [-0.1, -0.05) is 23.4 Å². The lowest BCUT2D eigenvalue weighted by atomic mass is 9.95. The third kappa shape index (κ3) is 5.84. The van der Waals surface area contributed by atoms with Crippen LogP contribution in [-0.4, -0.2) is 39.0 Å². The molecular weight excluding hydrogens is 527 g/mol. The van der Waals surface area contributed by atoms with E-state index in [1.54, 1.807) is 25.5 Å². The number of ether oxygens (including phenoxy) is 2. The number of hydrogen-bond acceptors (Lipinski definition) is 8. The van der Waals surface area contributed by atoms with Gasteiger partial charge in [0.2, 0.25) is 5.91 Å². The van der Waals surface area contributed by atoms with E-state index in [9.17, 15) is 14.0 Å². The number of thiophene rings is 1. The highest BCUT2D eigenvalue weighted by atomic mass is 35.5. The van der Waals surface area contributed by atoms with Crippen LogP contribution in [0, 0.1) is 5.82 Å². The molecule has 1 aliphatic rings. The molecule has 1 aliphatic carbocycles. The first-order valence-corrected chi connectivity index (χ1v) is 13.7. The van der Waals surface area contributed by atoms with Crippen molar-refractivity contribution in [2.24, 2.45) is 7.05 Å². The van der Waals surface area contributed by atoms with E-state index < -0.39 is 17.9 Å². The van der Waals surface area contributed by atoms with Gasteiger partial charge in [0.15, 0.2) is 17.1 Å². The van der Waals surface area contributed by atoms with Crippen molar-refractivity contribution in [1.29, 1.82) is 0 Å². The van der Waals surface area contributed by atoms with Crippen LogP contribution in [0.2, 0.25) is 5.02 Å². The number of thioether (sulfide) groups is 1. The maximum atomic E-state index is 13.3. The highest BCUT2D eigenvalue weighted by Gasteiger charge is 2.27. The summed E-state index contributed by atoms with van der Waals surface area (Å²) in [6, 6.07) is 3.90. The van der Waals surface area contributed by atoms with Crippen LogP contribution >= 0.6 is 34.7 Å². The number of fused-ring (bicyclic) bond motifs is 1. The highest BCUT2D eigenvalue weighted by molar-refractivity contribution is 7.99. The molecule has 0 spiro atoms. The smallest absolute Gasteiger partial charge is 0.341 e. The van der Waals surface area contributed by atoms with Crippen molar-refractivity contribution in [2.75, 3.05) is 17.7 Å². The summed E-state index contributed by atoms with van der Waals surface area (Å²) in [6.07, 6.45) is 3.29. The van der Waals surface area contributed by atoms with Crippen LogP contribution in [0.4, 0.5) is 9.39 Å². The standard InChI is InChI=1S/C24H26ClFN4O4S2/c1-4-33-23(32)20-15-7-5-6-8-18(15)36-22(20)27-19(31)12-35-24-29-28-21(30(24)3)13(2)34-17-10-9-14(26)11-16(17)25/h9-11,13H,4-8,12H2,1-3H3,(H,27,31). The molecule has 12 heteroatoms. The molecule has 1 amide bonds. The van der Waals surface area contributed by atoms with Gasteiger partial charge in [-0.2, -0.15) is 0 Å². The fraction of sp³-hybridized carbons (Fsp3) is 0.417. The number of aromatic nitrogens is 3. The Bertz CT molecular complexity index is 1280. The second kappa shape index (κ2) is 11.6. The quantitative estimate of drug-likeness (QED) is 0.273. The first-order valence-electron chi connectivity index (χ1n) is 11.5. The lowest BCUT2D eigenvalue weighted by Crippen LogP contribution is -2.17. The van der Waals surface area contributed by atoms with Gasteiger partial charge in [0.25, 0.3) is 0 Å². The summed E-state index contributed by atoms with van der Waals surface area (Å²) in [5, 5.41) is 12.5. The predicted octanol–water partition coefficient (Wildman–Crippen LogP) is 5.60. The van der Waals surface area contributed by atoms with Gasteiger partial charge in [-0.25, -0.2) is 9.18 Å². The van der Waals surface area contributed by atoms with Crippen LogP contribution in [-0.2, 0) is 29.4 Å². The van der Waals surface area contributed by atoms with Gasteiger partial charge in [0.05, 0.1) is 22.9 Å². The SMILES string of the molecule is CCOC(=O)c1c(NC(=O)CSc2nnc(C(C)Oc3ccc(F)cc3Cl)n2C)sc2c1CCCC2. The molecule has 0 aliphatic heterocycles. The molecule has 4 rings (SSSR count). The highest BCUT2D eigenvalue weighted by Crippen LogP contribution is 2.39. The molecule has 1 unspecified atom stereocenters. The third-order valence-electron chi connectivity index (χ3n) is 5.67. The second-order valence-corrected chi connectivity index (χ2v) is 10.7. The average molecular weight is 553 g/mol. The normalized spacial score (nSPS) is 13.7. The van der Waals surface area contributed by atoms with Crippen molar-refractivity contribution in [3.8, 4) is 5.75 Å². The maximum absolute atomic E-state index is 13.3. The summed E-state index contributed by atoms with van der Waals surface area (Å²) in [7, 11) is 1.77. The van der Waals surface area contributed by atoms with E-state index in [1.165, 1.54) is 41.3 Å². The maximum Gasteiger partial charge on any atom is 0.341 e. The Morgan fingerprint density at radius 3 is 2.83 bits per heavy atom. The number of amides is 1. The lowest BCUT2D eigenvalue weighted by molar-refractivity contribution is -0.113. The Balaban J connectivity index is 1.41. The number of halogens is 2. The summed E-state index contributed by atoms with van der Waals surface area (Å²) in [5.74, 6) is -0.167. The van der Waals surface area contributed by atoms with Crippen molar-refractivity contribution in [3.05, 3.63) is 50.9 Å². The number of nitrogens with zero attached hydrogens (tertiary/aromatic N) is 3. The number of hydrogen-bond donors (Lipinski definition) is 1. The Labute approximate surface area is 221 Å². The van der Waals surface area contributed by atoms with E-state index in [-0.39, 0.29) is 23.3 Å². The lowest BCUT2D eigenvalue weighted by Gasteiger charge is -2.15. The molecule has 0 saturated heterocycles. The van der Waals surface area contributed by atoms with Gasteiger partial charge in [-0.15, -0.1) is 21.5 Å². The molecule has 3 aromatic rings. The second-order valence-electron chi connectivity index (χ2n) is 8.21. The van der Waals surface area contributed by atoms with Crippen LogP contribution in [0.15, 0.2) is 23.4 Å². The molecule has 2 aromatic heterocycles. The molecule has 0 bridgehead atoms. The number of carbonyl (C=O) groups is 2. The van der Waals surface area contributed by atoms with Gasteiger partial charge in [-0.05, 0) is 63.3 Å². The molecule has 1 aromatic carbocycles. The fourth-order valence-corrected chi connectivity index (χ4v) is 6.21. The number of carbonyl (C=O) groups excluding carboxylic acids is 2. The fourth-order valence-electron chi connectivity index (χ4n) is 3.99. The van der Waals surface area contributed by atoms with E-state index in [4.69, 9.17) is 21.1 Å². The molecule has 2 heterocycles. The van der Waals surface area contributed by atoms with Crippen LogP contribution < -0.4 is 10.1 Å². The van der Waals surface area contributed by atoms with Gasteiger partial charge in [-0.3, -0.25) is 4.79 Å². The van der Waals surface area contributed by atoms with Crippen molar-refractivity contribution in [2.45, 2.75) is 50.8 Å². The van der Waals surface area contributed by atoms with Crippen molar-refractivity contribution in [3.63, 3.8) is 0 Å². The number of esters is 1. The first kappa shape index (κ1) is 26.4. The van der Waals surface area contributed by atoms with Crippen LogP contribution in [0.25, 0.3) is 0 Å². The Hall–Kier alpha value is -2.63. The van der Waals surface area contributed by atoms with E-state index in [1.807, 2.05) is 0 Å². The van der Waals surface area contributed by atoms with Gasteiger partial charge in [0.1, 0.15) is 16.6 Å². The topological polar surface area (TPSA) is 95.3 Å². The van der Waals surface area contributed by atoms with Crippen LogP contribution in [0.1, 0.15) is 59.4 Å². The predicted molar refractivity (Wildman–Crippen MR) is 138 cm³/mol. The van der Waals surface area contributed by atoms with E-state index >= 15 is 0 Å². The number of rotatable bonds is 9. The monoisotopic (exact) mass is 552 g/mol. The Kier molecular flexibility index (Phi) is 8.53. The zero-order valence-electron chi connectivity index (χ0n) is 20.1. The summed E-state index contributed by atoms with van der Waals surface area (Å²) in [5.41, 5.74) is 1.49. The molecule has 1 atom stereocenters. The number of anilines is 1. The largest absolute Gasteiger partial charge is 0.481 e. The molecule has 36 heavy (non-hydrogen) atoms. The van der Waals surface area contributed by atoms with E-state index in [2.05, 4.69) is 15.5 Å². The van der Waals surface area contributed by atoms with E-state index in [0.717, 1.165) is 36.1 Å². The van der Waals surface area contributed by atoms with Crippen LogP contribution in [0.5, 0.6) is 5.75 Å². The van der Waals surface area contributed by atoms with Crippen LogP contribution in [0.3, 0.4) is 0 Å². The minimum Gasteiger partial charge on any atom is -0.481 e. The summed E-state index contributed by atoms with van der Waals surface area (Å²) >= 11 is 8.73. The van der Waals surface area contributed by atoms with Gasteiger partial charge in [0, 0.05) is 11.9 Å².